The van der Waals surface area contributed by atoms with Crippen LogP contribution in [0.25, 0.3) is 11.1 Å². The Labute approximate surface area is 233 Å². The van der Waals surface area contributed by atoms with E-state index in [2.05, 4.69) is 39.4 Å². The molecule has 0 spiro atoms. The summed E-state index contributed by atoms with van der Waals surface area (Å²) in [5.74, 6) is -0.894. The Morgan fingerprint density at radius 2 is 1.64 bits per heavy atom. The van der Waals surface area contributed by atoms with E-state index in [9.17, 15) is 14.7 Å². The number of nitrogens with zero attached hydrogens (tertiary/aromatic N) is 1. The number of pyridine rings is 1. The Balaban J connectivity index is 1.36. The van der Waals surface area contributed by atoms with Crippen LogP contribution in [0.15, 0.2) is 90.0 Å². The first-order valence-corrected chi connectivity index (χ1v) is 13.5. The molecule has 4 rings (SSSR count). The minimum atomic E-state index is -0.894. The first-order valence-electron chi connectivity index (χ1n) is 12.7. The Kier molecular flexibility index (Phi) is 9.35. The van der Waals surface area contributed by atoms with E-state index in [0.29, 0.717) is 18.7 Å². The number of carbonyl (C=O) groups excluding carboxylic acids is 1. The second-order valence-corrected chi connectivity index (χ2v) is 10.3. The first kappa shape index (κ1) is 27.9. The molecule has 3 aromatic carbocycles. The zero-order valence-corrected chi connectivity index (χ0v) is 23.0. The number of aryl methyl sites for hydroxylation is 3. The van der Waals surface area contributed by atoms with Crippen molar-refractivity contribution in [3.05, 3.63) is 113 Å². The number of rotatable bonds is 10. The van der Waals surface area contributed by atoms with Crippen LogP contribution < -0.4 is 15.4 Å². The van der Waals surface area contributed by atoms with Crippen molar-refractivity contribution in [2.75, 3.05) is 5.32 Å². The fourth-order valence-corrected chi connectivity index (χ4v) is 5.22. The quantitative estimate of drug-likeness (QED) is 0.176. The predicted octanol–water partition coefficient (Wildman–Crippen LogP) is 6.29. The molecule has 1 heterocycles. The molecule has 2 amide bonds. The van der Waals surface area contributed by atoms with Crippen LogP contribution in [0, 0.1) is 20.8 Å². The second-order valence-electron chi connectivity index (χ2n) is 9.45. The topological polar surface area (TPSA) is 103 Å². The van der Waals surface area contributed by atoms with Crippen molar-refractivity contribution < 1.29 is 14.7 Å². The third kappa shape index (κ3) is 7.92. The number of aliphatic carboxylic acids is 1. The van der Waals surface area contributed by atoms with Crippen molar-refractivity contribution >= 4 is 29.6 Å². The SMILES string of the molecule is Cc1cc(C)c(SNC(Cc2ccc(-c3cccc(NC(=O)NCc4ccccn4)c3)cc2)C(=O)O)c(C)c1. The summed E-state index contributed by atoms with van der Waals surface area (Å²) in [4.78, 5) is 29.6. The van der Waals surface area contributed by atoms with Gasteiger partial charge in [-0.25, -0.2) is 9.52 Å². The Hall–Kier alpha value is -4.14. The molecule has 0 aliphatic heterocycles. The monoisotopic (exact) mass is 540 g/mol. The number of nitrogens with one attached hydrogen (secondary N) is 3. The number of hydrogen-bond acceptors (Lipinski definition) is 5. The van der Waals surface area contributed by atoms with Gasteiger partial charge in [-0.3, -0.25) is 9.78 Å². The lowest BCUT2D eigenvalue weighted by molar-refractivity contribution is -0.138. The van der Waals surface area contributed by atoms with Crippen LogP contribution in [0.1, 0.15) is 27.9 Å². The van der Waals surface area contributed by atoms with Crippen molar-refractivity contribution in [1.29, 1.82) is 0 Å². The smallest absolute Gasteiger partial charge is 0.321 e. The third-order valence-electron chi connectivity index (χ3n) is 6.21. The van der Waals surface area contributed by atoms with Gasteiger partial charge in [-0.15, -0.1) is 0 Å². The molecule has 39 heavy (non-hydrogen) atoms. The van der Waals surface area contributed by atoms with Crippen LogP contribution in [0.5, 0.6) is 0 Å². The minimum Gasteiger partial charge on any atom is -0.480 e. The molecule has 4 N–H and O–H groups in total. The lowest BCUT2D eigenvalue weighted by Crippen LogP contribution is -2.34. The van der Waals surface area contributed by atoms with E-state index in [4.69, 9.17) is 0 Å². The number of aromatic nitrogens is 1. The standard InChI is InChI=1S/C31H32N4O3S/c1-20-15-21(2)29(22(3)16-20)39-35-28(30(36)37)17-23-10-12-24(13-11-23)25-7-6-9-26(18-25)34-31(38)33-19-27-8-4-5-14-32-27/h4-16,18,28,35H,17,19H2,1-3H3,(H,36,37)(H2,33,34,38). The number of anilines is 1. The van der Waals surface area contributed by atoms with Crippen molar-refractivity contribution in [3.63, 3.8) is 0 Å². The summed E-state index contributed by atoms with van der Waals surface area (Å²) in [5.41, 5.74) is 7.72. The summed E-state index contributed by atoms with van der Waals surface area (Å²) in [7, 11) is 0. The van der Waals surface area contributed by atoms with Crippen molar-refractivity contribution in [2.45, 2.75) is 44.7 Å². The van der Waals surface area contributed by atoms with Crippen LogP contribution in [0.3, 0.4) is 0 Å². The van der Waals surface area contributed by atoms with Gasteiger partial charge < -0.3 is 15.7 Å². The Morgan fingerprint density at radius 1 is 0.897 bits per heavy atom. The predicted molar refractivity (Wildman–Crippen MR) is 157 cm³/mol. The number of amides is 2. The molecule has 1 unspecified atom stereocenters. The van der Waals surface area contributed by atoms with E-state index in [1.54, 1.807) is 6.20 Å². The summed E-state index contributed by atoms with van der Waals surface area (Å²) in [6, 6.07) is 24.1. The molecule has 0 radical (unpaired) electrons. The molecular weight excluding hydrogens is 508 g/mol. The van der Waals surface area contributed by atoms with Crippen LogP contribution in [-0.2, 0) is 17.8 Å². The van der Waals surface area contributed by atoms with Gasteiger partial charge in [0.15, 0.2) is 0 Å². The molecule has 1 atom stereocenters. The summed E-state index contributed by atoms with van der Waals surface area (Å²) in [5, 5.41) is 15.5. The molecule has 4 aromatic rings. The van der Waals surface area contributed by atoms with Gasteiger partial charge in [0.1, 0.15) is 6.04 Å². The fourth-order valence-electron chi connectivity index (χ4n) is 4.33. The molecule has 0 aliphatic carbocycles. The summed E-state index contributed by atoms with van der Waals surface area (Å²) >= 11 is 1.37. The largest absolute Gasteiger partial charge is 0.480 e. The molecule has 0 fully saturated rings. The van der Waals surface area contributed by atoms with E-state index in [-0.39, 0.29) is 6.03 Å². The van der Waals surface area contributed by atoms with Gasteiger partial charge in [0.2, 0.25) is 0 Å². The number of benzene rings is 3. The molecule has 8 heteroatoms. The maximum Gasteiger partial charge on any atom is 0.321 e. The highest BCUT2D eigenvalue weighted by Gasteiger charge is 2.19. The first-order chi connectivity index (χ1) is 18.8. The Morgan fingerprint density at radius 3 is 2.31 bits per heavy atom. The highest BCUT2D eigenvalue weighted by atomic mass is 32.2. The van der Waals surface area contributed by atoms with E-state index < -0.39 is 12.0 Å². The van der Waals surface area contributed by atoms with Crippen molar-refractivity contribution in [3.8, 4) is 11.1 Å². The molecule has 0 saturated heterocycles. The van der Waals surface area contributed by atoms with E-state index in [0.717, 1.165) is 38.4 Å². The van der Waals surface area contributed by atoms with E-state index >= 15 is 0 Å². The van der Waals surface area contributed by atoms with Crippen LogP contribution in [-0.4, -0.2) is 28.1 Å². The van der Waals surface area contributed by atoms with Crippen LogP contribution >= 0.6 is 11.9 Å². The average molecular weight is 541 g/mol. The Bertz CT molecular complexity index is 1420. The lowest BCUT2D eigenvalue weighted by atomic mass is 10.0. The average Bonchev–Trinajstić information content (AvgIpc) is 2.91. The van der Waals surface area contributed by atoms with Gasteiger partial charge in [0.25, 0.3) is 0 Å². The molecule has 200 valence electrons. The van der Waals surface area contributed by atoms with Gasteiger partial charge in [0.05, 0.1) is 12.2 Å². The maximum atomic E-state index is 12.3. The van der Waals surface area contributed by atoms with Crippen LogP contribution in [0.4, 0.5) is 10.5 Å². The number of carboxylic acids is 1. The zero-order valence-electron chi connectivity index (χ0n) is 22.2. The van der Waals surface area contributed by atoms with Crippen LogP contribution in [0.2, 0.25) is 0 Å². The zero-order chi connectivity index (χ0) is 27.8. The van der Waals surface area contributed by atoms with Gasteiger partial charge in [-0.1, -0.05) is 60.2 Å². The highest BCUT2D eigenvalue weighted by molar-refractivity contribution is 7.97. The van der Waals surface area contributed by atoms with Gasteiger partial charge >= 0.3 is 12.0 Å². The number of hydrogen-bond donors (Lipinski definition) is 4. The molecule has 7 nitrogen and oxygen atoms in total. The number of carboxylic acid groups (broad SMARTS) is 1. The fraction of sp³-hybridized carbons (Fsp3) is 0.194. The third-order valence-corrected chi connectivity index (χ3v) is 7.46. The molecule has 1 aromatic heterocycles. The molecule has 0 saturated carbocycles. The second kappa shape index (κ2) is 13.1. The van der Waals surface area contributed by atoms with E-state index in [1.165, 1.54) is 17.5 Å². The molecular formula is C31H32N4O3S. The van der Waals surface area contributed by atoms with Gasteiger partial charge in [-0.05, 0) is 91.2 Å². The van der Waals surface area contributed by atoms with E-state index in [1.807, 2.05) is 80.6 Å². The molecule has 0 bridgehead atoms. The van der Waals surface area contributed by atoms with Crippen molar-refractivity contribution in [2.24, 2.45) is 0 Å². The summed E-state index contributed by atoms with van der Waals surface area (Å²) < 4.78 is 3.14. The summed E-state index contributed by atoms with van der Waals surface area (Å²) in [6.07, 6.45) is 2.04. The maximum absolute atomic E-state index is 12.3. The normalized spacial score (nSPS) is 11.6. The minimum absolute atomic E-state index is 0.311. The molecule has 0 aliphatic rings. The van der Waals surface area contributed by atoms with Gasteiger partial charge in [-0.2, -0.15) is 0 Å². The number of carbonyl (C=O) groups is 2. The lowest BCUT2D eigenvalue weighted by Gasteiger charge is -2.17. The summed E-state index contributed by atoms with van der Waals surface area (Å²) in [6.45, 7) is 6.47. The van der Waals surface area contributed by atoms with Gasteiger partial charge in [0, 0.05) is 16.8 Å². The van der Waals surface area contributed by atoms with Crippen molar-refractivity contribution in [1.82, 2.24) is 15.0 Å². The number of urea groups is 1. The highest BCUT2D eigenvalue weighted by Crippen LogP contribution is 2.27.